The number of carbonyl (C=O) groups excluding carboxylic acids is 1. The van der Waals surface area contributed by atoms with Crippen LogP contribution in [0.2, 0.25) is 5.02 Å². The number of hydrogen-bond acceptors (Lipinski definition) is 2. The first-order valence-corrected chi connectivity index (χ1v) is 5.49. The first-order chi connectivity index (χ1) is 7.24. The highest BCUT2D eigenvalue weighted by atomic mass is 35.5. The first kappa shape index (κ1) is 10.5. The van der Waals surface area contributed by atoms with Gasteiger partial charge in [-0.3, -0.25) is 0 Å². The van der Waals surface area contributed by atoms with E-state index >= 15 is 0 Å². The quantitative estimate of drug-likeness (QED) is 0.738. The summed E-state index contributed by atoms with van der Waals surface area (Å²) in [6, 6.07) is 3.75. The zero-order valence-electron chi connectivity index (χ0n) is 8.63. The lowest BCUT2D eigenvalue weighted by Gasteiger charge is -2.14. The van der Waals surface area contributed by atoms with Crippen LogP contribution in [0.15, 0.2) is 12.1 Å². The molecule has 0 radical (unpaired) electrons. The Balaban J connectivity index is 2.44. The Hall–Kier alpha value is -1.02. The Kier molecular flexibility index (Phi) is 2.96. The van der Waals surface area contributed by atoms with Gasteiger partial charge in [-0.15, -0.1) is 0 Å². The van der Waals surface area contributed by atoms with Gasteiger partial charge in [0.25, 0.3) is 0 Å². The number of rotatable bonds is 3. The zero-order valence-corrected chi connectivity index (χ0v) is 9.38. The van der Waals surface area contributed by atoms with Crippen molar-refractivity contribution in [3.63, 3.8) is 0 Å². The van der Waals surface area contributed by atoms with Gasteiger partial charge in [0.2, 0.25) is 0 Å². The van der Waals surface area contributed by atoms with Crippen molar-refractivity contribution in [2.45, 2.75) is 25.7 Å². The molecule has 1 heterocycles. The summed E-state index contributed by atoms with van der Waals surface area (Å²) in [5.41, 5.74) is 2.26. The van der Waals surface area contributed by atoms with Crippen molar-refractivity contribution in [2.75, 3.05) is 6.61 Å². The minimum atomic E-state index is 0.173. The van der Waals surface area contributed by atoms with E-state index in [1.54, 1.807) is 0 Å². The monoisotopic (exact) mass is 224 g/mol. The van der Waals surface area contributed by atoms with Gasteiger partial charge < -0.3 is 9.53 Å². The summed E-state index contributed by atoms with van der Waals surface area (Å²) in [7, 11) is 0. The molecule has 0 aromatic heterocycles. The highest BCUT2D eigenvalue weighted by Crippen LogP contribution is 2.38. The Bertz CT molecular complexity index is 387. The molecular formula is C12H13ClO2. The summed E-state index contributed by atoms with van der Waals surface area (Å²) in [6.45, 7) is 2.74. The van der Waals surface area contributed by atoms with E-state index in [1.165, 1.54) is 5.56 Å². The van der Waals surface area contributed by atoms with Crippen molar-refractivity contribution >= 4 is 17.9 Å². The number of benzene rings is 1. The molecule has 1 aliphatic rings. The van der Waals surface area contributed by atoms with Gasteiger partial charge in [-0.05, 0) is 23.6 Å². The second-order valence-electron chi connectivity index (χ2n) is 3.84. The van der Waals surface area contributed by atoms with Gasteiger partial charge in [-0.2, -0.15) is 0 Å². The molecule has 1 aliphatic heterocycles. The third-order valence-electron chi connectivity index (χ3n) is 2.81. The van der Waals surface area contributed by atoms with E-state index in [1.807, 2.05) is 19.1 Å². The minimum Gasteiger partial charge on any atom is -0.493 e. The Labute approximate surface area is 94.2 Å². The van der Waals surface area contributed by atoms with Crippen LogP contribution >= 0.6 is 11.6 Å². The predicted molar refractivity (Wildman–Crippen MR) is 59.7 cm³/mol. The van der Waals surface area contributed by atoms with E-state index in [-0.39, 0.29) is 5.92 Å². The summed E-state index contributed by atoms with van der Waals surface area (Å²) in [6.07, 6.45) is 2.35. The van der Waals surface area contributed by atoms with E-state index in [2.05, 4.69) is 0 Å². The second kappa shape index (κ2) is 4.23. The number of hydrogen-bond donors (Lipinski definition) is 0. The van der Waals surface area contributed by atoms with Crippen molar-refractivity contribution < 1.29 is 9.53 Å². The van der Waals surface area contributed by atoms with Crippen molar-refractivity contribution in [1.82, 2.24) is 0 Å². The van der Waals surface area contributed by atoms with Crippen molar-refractivity contribution in [2.24, 2.45) is 0 Å². The molecule has 1 aromatic carbocycles. The molecule has 0 amide bonds. The second-order valence-corrected chi connectivity index (χ2v) is 4.25. The molecule has 1 aromatic rings. The molecule has 0 spiro atoms. The number of fused-ring (bicyclic) bond motifs is 1. The summed E-state index contributed by atoms with van der Waals surface area (Å²) in [5, 5.41) is 0.744. The average molecular weight is 225 g/mol. The summed E-state index contributed by atoms with van der Waals surface area (Å²) in [4.78, 5) is 10.5. The normalized spacial score (nSPS) is 15.6. The van der Waals surface area contributed by atoms with Crippen molar-refractivity contribution in [1.29, 1.82) is 0 Å². The molecule has 15 heavy (non-hydrogen) atoms. The average Bonchev–Trinajstić information content (AvgIpc) is 2.65. The summed E-state index contributed by atoms with van der Waals surface area (Å²) >= 11 is 6.17. The minimum absolute atomic E-state index is 0.173. The van der Waals surface area contributed by atoms with Crippen LogP contribution in [0.3, 0.4) is 0 Å². The molecule has 3 heteroatoms. The fourth-order valence-corrected chi connectivity index (χ4v) is 2.43. The van der Waals surface area contributed by atoms with Crippen LogP contribution in [0.5, 0.6) is 5.75 Å². The zero-order chi connectivity index (χ0) is 10.8. The van der Waals surface area contributed by atoms with Crippen LogP contribution < -0.4 is 4.74 Å². The summed E-state index contributed by atoms with van der Waals surface area (Å²) in [5.74, 6) is 1.10. The highest BCUT2D eigenvalue weighted by Gasteiger charge is 2.21. The van der Waals surface area contributed by atoms with E-state index in [4.69, 9.17) is 16.3 Å². The molecule has 0 saturated heterocycles. The van der Waals surface area contributed by atoms with E-state index < -0.39 is 0 Å². The van der Waals surface area contributed by atoms with E-state index in [0.29, 0.717) is 6.42 Å². The molecule has 1 atom stereocenters. The summed E-state index contributed by atoms with van der Waals surface area (Å²) < 4.78 is 5.48. The van der Waals surface area contributed by atoms with Crippen LogP contribution in [0.4, 0.5) is 0 Å². The van der Waals surface area contributed by atoms with Crippen LogP contribution in [-0.4, -0.2) is 12.9 Å². The van der Waals surface area contributed by atoms with Gasteiger partial charge in [-0.25, -0.2) is 0 Å². The molecule has 0 aliphatic carbocycles. The number of ether oxygens (including phenoxy) is 1. The standard InChI is InChI=1S/C12H13ClO2/c1-8(4-6-14)12-9-5-7-15-11(9)3-2-10(12)13/h2-3,6,8H,4-5,7H2,1H3. The lowest BCUT2D eigenvalue weighted by Crippen LogP contribution is -2.00. The van der Waals surface area contributed by atoms with Crippen LogP contribution in [0, 0.1) is 0 Å². The SMILES string of the molecule is CC(CC=O)c1c(Cl)ccc2c1CCO2. The molecule has 2 rings (SSSR count). The van der Waals surface area contributed by atoms with Crippen LogP contribution in [0.1, 0.15) is 30.4 Å². The predicted octanol–water partition coefficient (Wildman–Crippen LogP) is 2.97. The maximum Gasteiger partial charge on any atom is 0.123 e. The Morgan fingerprint density at radius 2 is 2.40 bits per heavy atom. The molecule has 0 bridgehead atoms. The van der Waals surface area contributed by atoms with Gasteiger partial charge in [0, 0.05) is 23.4 Å². The molecule has 2 nitrogen and oxygen atoms in total. The molecule has 0 fully saturated rings. The van der Waals surface area contributed by atoms with Crippen molar-refractivity contribution in [3.05, 3.63) is 28.3 Å². The van der Waals surface area contributed by atoms with Gasteiger partial charge in [0.1, 0.15) is 12.0 Å². The fourth-order valence-electron chi connectivity index (χ4n) is 2.07. The molecule has 1 unspecified atom stereocenters. The van der Waals surface area contributed by atoms with Gasteiger partial charge >= 0.3 is 0 Å². The highest BCUT2D eigenvalue weighted by molar-refractivity contribution is 6.31. The topological polar surface area (TPSA) is 26.3 Å². The molecule has 80 valence electrons. The van der Waals surface area contributed by atoms with Crippen molar-refractivity contribution in [3.8, 4) is 5.75 Å². The maximum absolute atomic E-state index is 10.5. The molecular weight excluding hydrogens is 212 g/mol. The van der Waals surface area contributed by atoms with E-state index in [0.717, 1.165) is 35.6 Å². The van der Waals surface area contributed by atoms with Crippen LogP contribution in [-0.2, 0) is 11.2 Å². The Morgan fingerprint density at radius 1 is 1.60 bits per heavy atom. The lowest BCUT2D eigenvalue weighted by atomic mass is 9.92. The first-order valence-electron chi connectivity index (χ1n) is 5.11. The number of halogens is 1. The third-order valence-corrected chi connectivity index (χ3v) is 3.14. The van der Waals surface area contributed by atoms with Crippen LogP contribution in [0.25, 0.3) is 0 Å². The Morgan fingerprint density at radius 3 is 3.13 bits per heavy atom. The third kappa shape index (κ3) is 1.86. The molecule has 0 saturated carbocycles. The van der Waals surface area contributed by atoms with Gasteiger partial charge in [0.15, 0.2) is 0 Å². The molecule has 0 N–H and O–H groups in total. The smallest absolute Gasteiger partial charge is 0.123 e. The lowest BCUT2D eigenvalue weighted by molar-refractivity contribution is -0.108. The van der Waals surface area contributed by atoms with Gasteiger partial charge in [-0.1, -0.05) is 18.5 Å². The number of carbonyl (C=O) groups is 1. The van der Waals surface area contributed by atoms with E-state index in [9.17, 15) is 4.79 Å². The maximum atomic E-state index is 10.5. The largest absolute Gasteiger partial charge is 0.493 e. The van der Waals surface area contributed by atoms with Gasteiger partial charge in [0.05, 0.1) is 6.61 Å². The fraction of sp³-hybridized carbons (Fsp3) is 0.417. The number of aldehydes is 1.